The van der Waals surface area contributed by atoms with Gasteiger partial charge in [-0.1, -0.05) is 32.1 Å². The Labute approximate surface area is 193 Å². The van der Waals surface area contributed by atoms with E-state index in [4.69, 9.17) is 0 Å². The van der Waals surface area contributed by atoms with E-state index in [0.29, 0.717) is 6.54 Å². The number of thioether (sulfide) groups is 1. The van der Waals surface area contributed by atoms with Crippen LogP contribution in [0.1, 0.15) is 55.5 Å². The highest BCUT2D eigenvalue weighted by Crippen LogP contribution is 2.37. The third-order valence-corrected chi connectivity index (χ3v) is 6.00. The minimum absolute atomic E-state index is 0.0960. The van der Waals surface area contributed by atoms with Crippen molar-refractivity contribution in [2.45, 2.75) is 64.4 Å². The number of alkyl halides is 3. The summed E-state index contributed by atoms with van der Waals surface area (Å²) < 4.78 is 42.0. The average Bonchev–Trinajstić information content (AvgIpc) is 3.03. The molecule has 2 heterocycles. The molecule has 0 aliphatic heterocycles. The van der Waals surface area contributed by atoms with Crippen LogP contribution in [0.4, 0.5) is 13.2 Å². The van der Waals surface area contributed by atoms with Crippen LogP contribution in [-0.4, -0.2) is 26.6 Å². The number of terminal acetylenes is 1. The van der Waals surface area contributed by atoms with Gasteiger partial charge in [0.25, 0.3) is 0 Å². The lowest BCUT2D eigenvalue weighted by Crippen LogP contribution is -2.11. The van der Waals surface area contributed by atoms with E-state index in [9.17, 15) is 18.3 Å². The zero-order chi connectivity index (χ0) is 24.3. The van der Waals surface area contributed by atoms with Crippen molar-refractivity contribution in [3.05, 3.63) is 70.7 Å². The predicted molar refractivity (Wildman–Crippen MR) is 127 cm³/mol. The van der Waals surface area contributed by atoms with Crippen molar-refractivity contribution in [3.8, 4) is 12.8 Å². The highest BCUT2D eigenvalue weighted by Gasteiger charge is 2.32. The molecule has 2 aromatic heterocycles. The molecule has 0 saturated heterocycles. The van der Waals surface area contributed by atoms with Gasteiger partial charge in [-0.05, 0) is 49.4 Å². The third kappa shape index (κ3) is 7.32. The number of aliphatic hydroxyl groups is 1. The number of hydrogen-bond acceptors (Lipinski definition) is 3. The van der Waals surface area contributed by atoms with Gasteiger partial charge in [0.1, 0.15) is 0 Å². The summed E-state index contributed by atoms with van der Waals surface area (Å²) >= 11 is 1.39. The van der Waals surface area contributed by atoms with Crippen molar-refractivity contribution in [1.82, 2.24) is 9.55 Å². The van der Waals surface area contributed by atoms with E-state index in [0.717, 1.165) is 27.4 Å². The second-order valence-electron chi connectivity index (χ2n) is 7.35. The fourth-order valence-corrected chi connectivity index (χ4v) is 4.69. The summed E-state index contributed by atoms with van der Waals surface area (Å²) in [5, 5.41) is 10.9. The number of nitrogens with zero attached hydrogens (tertiary/aromatic N) is 2. The third-order valence-electron chi connectivity index (χ3n) is 4.96. The van der Waals surface area contributed by atoms with Crippen molar-refractivity contribution < 1.29 is 18.3 Å². The molecule has 0 spiro atoms. The summed E-state index contributed by atoms with van der Waals surface area (Å²) in [5.41, 5.74) is 3.31. The molecule has 0 fully saturated rings. The molecule has 1 N–H and O–H groups in total. The number of rotatable bonds is 9. The van der Waals surface area contributed by atoms with Gasteiger partial charge < -0.3 is 9.67 Å². The maximum Gasteiger partial charge on any atom is 0.412 e. The lowest BCUT2D eigenvalue weighted by atomic mass is 10.0. The van der Waals surface area contributed by atoms with Gasteiger partial charge >= 0.3 is 6.18 Å². The van der Waals surface area contributed by atoms with Gasteiger partial charge in [0.2, 0.25) is 0 Å². The summed E-state index contributed by atoms with van der Waals surface area (Å²) in [7, 11) is 0. The molecular weight excluding hydrogens is 433 g/mol. The lowest BCUT2D eigenvalue weighted by molar-refractivity contribution is -0.0930. The first-order valence-electron chi connectivity index (χ1n) is 10.3. The minimum atomic E-state index is -4.34. The van der Waals surface area contributed by atoms with Crippen molar-refractivity contribution in [2.75, 3.05) is 5.75 Å². The van der Waals surface area contributed by atoms with Crippen LogP contribution in [0.25, 0.3) is 0 Å². The monoisotopic (exact) mass is 464 g/mol. The molecule has 2 aromatic rings. The summed E-state index contributed by atoms with van der Waals surface area (Å²) in [6, 6.07) is 3.83. The number of pyridine rings is 1. The van der Waals surface area contributed by atoms with Crippen molar-refractivity contribution >= 4 is 11.8 Å². The van der Waals surface area contributed by atoms with Gasteiger partial charge in [-0.15, -0.1) is 24.6 Å². The fraction of sp³-hybridized carbons (Fsp3) is 0.400. The molecule has 174 valence electrons. The highest BCUT2D eigenvalue weighted by atomic mass is 32.2. The van der Waals surface area contributed by atoms with Crippen molar-refractivity contribution in [3.63, 3.8) is 0 Å². The van der Waals surface area contributed by atoms with Gasteiger partial charge in [0, 0.05) is 41.5 Å². The SMILES string of the molecule is C#C.C/C=C\C/C(=C\CSc1c(C(C)C)c(CO)c(C)n1Cc1ccncc1)C(F)(F)F. The van der Waals surface area contributed by atoms with Crippen molar-refractivity contribution in [1.29, 1.82) is 0 Å². The van der Waals surface area contributed by atoms with E-state index in [2.05, 4.69) is 22.4 Å². The molecule has 7 heteroatoms. The lowest BCUT2D eigenvalue weighted by Gasteiger charge is -2.15. The Balaban J connectivity index is 0.00000249. The Morgan fingerprint density at radius 1 is 1.25 bits per heavy atom. The molecule has 0 bridgehead atoms. The topological polar surface area (TPSA) is 38.0 Å². The molecule has 0 saturated carbocycles. The summed E-state index contributed by atoms with van der Waals surface area (Å²) in [5.74, 6) is 0.345. The molecule has 0 aromatic carbocycles. The van der Waals surface area contributed by atoms with Crippen LogP contribution < -0.4 is 0 Å². The van der Waals surface area contributed by atoms with Gasteiger partial charge in [-0.25, -0.2) is 0 Å². The first-order valence-corrected chi connectivity index (χ1v) is 11.2. The molecule has 0 atom stereocenters. The summed E-state index contributed by atoms with van der Waals surface area (Å²) in [6.07, 6.45) is 11.4. The van der Waals surface area contributed by atoms with Crippen LogP contribution in [-0.2, 0) is 13.2 Å². The smallest absolute Gasteiger partial charge is 0.392 e. The number of allylic oxidation sites excluding steroid dienone is 3. The molecular formula is C25H31F3N2OS. The molecule has 3 nitrogen and oxygen atoms in total. The zero-order valence-corrected chi connectivity index (χ0v) is 19.8. The Morgan fingerprint density at radius 3 is 2.38 bits per heavy atom. The maximum absolute atomic E-state index is 13.3. The van der Waals surface area contributed by atoms with E-state index < -0.39 is 11.7 Å². The number of aromatic nitrogens is 2. The highest BCUT2D eigenvalue weighted by molar-refractivity contribution is 7.99. The quantitative estimate of drug-likeness (QED) is 0.256. The molecule has 0 unspecified atom stereocenters. The standard InChI is InChI=1S/C23H29F3N2OS.C2H2/c1-5-6-7-19(23(24,25)26)10-13-30-22-21(16(2)3)20(15-29)17(4)28(22)14-18-8-11-27-12-9-18;1-2/h5-6,8-12,16,29H,7,13-15H2,1-4H3;1-2H/b6-5-,19-10+;. The predicted octanol–water partition coefficient (Wildman–Crippen LogP) is 6.65. The van der Waals surface area contributed by atoms with Crippen LogP contribution in [0.15, 0.2) is 53.4 Å². The summed E-state index contributed by atoms with van der Waals surface area (Å²) in [4.78, 5) is 4.04. The van der Waals surface area contributed by atoms with Crippen LogP contribution >= 0.6 is 11.8 Å². The van der Waals surface area contributed by atoms with E-state index in [1.807, 2.05) is 32.9 Å². The second-order valence-corrected chi connectivity index (χ2v) is 8.36. The van der Waals surface area contributed by atoms with Crippen LogP contribution in [0.5, 0.6) is 0 Å². The van der Waals surface area contributed by atoms with Gasteiger partial charge in [0.15, 0.2) is 0 Å². The van der Waals surface area contributed by atoms with E-state index in [1.165, 1.54) is 23.9 Å². The molecule has 0 aliphatic rings. The number of halogens is 3. The largest absolute Gasteiger partial charge is 0.412 e. The Hall–Kier alpha value is -2.43. The van der Waals surface area contributed by atoms with Gasteiger partial charge in [-0.2, -0.15) is 13.2 Å². The molecule has 0 amide bonds. The summed E-state index contributed by atoms with van der Waals surface area (Å²) in [6.45, 7) is 8.22. The number of hydrogen-bond donors (Lipinski definition) is 1. The van der Waals surface area contributed by atoms with Gasteiger partial charge in [-0.3, -0.25) is 4.98 Å². The van der Waals surface area contributed by atoms with E-state index in [-0.39, 0.29) is 24.7 Å². The Bertz CT molecular complexity index is 926. The first kappa shape index (κ1) is 27.6. The molecule has 32 heavy (non-hydrogen) atoms. The van der Waals surface area contributed by atoms with Crippen LogP contribution in [0.3, 0.4) is 0 Å². The Kier molecular flexibility index (Phi) is 11.4. The molecule has 0 aliphatic carbocycles. The van der Waals surface area contributed by atoms with E-state index >= 15 is 0 Å². The van der Waals surface area contributed by atoms with Gasteiger partial charge in [0.05, 0.1) is 11.6 Å². The average molecular weight is 465 g/mol. The second kappa shape index (κ2) is 13.2. The fourth-order valence-electron chi connectivity index (χ4n) is 3.38. The maximum atomic E-state index is 13.3. The van der Waals surface area contributed by atoms with Crippen LogP contribution in [0.2, 0.25) is 0 Å². The zero-order valence-electron chi connectivity index (χ0n) is 19.0. The normalized spacial score (nSPS) is 12.3. The number of aliphatic hydroxyl groups excluding tert-OH is 1. The van der Waals surface area contributed by atoms with Crippen LogP contribution in [0, 0.1) is 19.8 Å². The van der Waals surface area contributed by atoms with Crippen molar-refractivity contribution in [2.24, 2.45) is 0 Å². The van der Waals surface area contributed by atoms with E-state index in [1.54, 1.807) is 25.4 Å². The Morgan fingerprint density at radius 2 is 1.88 bits per heavy atom. The molecule has 2 rings (SSSR count). The first-order chi connectivity index (χ1) is 15.2. The molecule has 0 radical (unpaired) electrons. The minimum Gasteiger partial charge on any atom is -0.392 e.